The molecule has 312 valence electrons. The zero-order chi connectivity index (χ0) is 42.4. The fraction of sp³-hybridized carbons (Fsp3) is 0.475. The fourth-order valence-corrected chi connectivity index (χ4v) is 6.94. The van der Waals surface area contributed by atoms with Crippen LogP contribution < -0.4 is 26.0 Å². The van der Waals surface area contributed by atoms with E-state index in [2.05, 4.69) is 21.3 Å². The summed E-state index contributed by atoms with van der Waals surface area (Å²) in [5.41, 5.74) is 0.801. The molecule has 1 heterocycles. The molecule has 2 fully saturated rings. The van der Waals surface area contributed by atoms with Crippen LogP contribution in [0.3, 0.4) is 0 Å². The van der Waals surface area contributed by atoms with E-state index in [1.165, 1.54) is 31.1 Å². The van der Waals surface area contributed by atoms with Gasteiger partial charge < -0.3 is 40.7 Å². The van der Waals surface area contributed by atoms with Gasteiger partial charge in [-0.25, -0.2) is 14.5 Å². The van der Waals surface area contributed by atoms with E-state index in [1.54, 1.807) is 49.4 Å². The maximum atomic E-state index is 14.5. The number of hydrogen-bond acceptors (Lipinski definition) is 11. The first kappa shape index (κ1) is 44.4. The van der Waals surface area contributed by atoms with E-state index < -0.39 is 90.6 Å². The highest BCUT2D eigenvalue weighted by Crippen LogP contribution is 2.30. The monoisotopic (exact) mass is 806 g/mol. The summed E-state index contributed by atoms with van der Waals surface area (Å²) < 4.78 is 10.3. The third kappa shape index (κ3) is 12.1. The highest BCUT2D eigenvalue weighted by Gasteiger charge is 2.49. The first-order valence-electron chi connectivity index (χ1n) is 19.1. The number of rotatable bonds is 19. The number of carbonyl (C=O) groups excluding carboxylic acids is 8. The Morgan fingerprint density at radius 1 is 0.897 bits per heavy atom. The molecule has 5 N–H and O–H groups in total. The second-order valence-electron chi connectivity index (χ2n) is 14.1. The molecule has 0 radical (unpaired) electrons. The number of nitrogens with one attached hydrogen (secondary N) is 4. The quantitative estimate of drug-likeness (QED) is 0.0998. The molecular formula is C40H50N6O12. The summed E-state index contributed by atoms with van der Waals surface area (Å²) in [5, 5.41) is 19.3. The molecule has 18 heteroatoms. The number of nitrogens with zero attached hydrogens (tertiary/aromatic N) is 2. The van der Waals surface area contributed by atoms with Crippen molar-refractivity contribution in [2.24, 2.45) is 5.92 Å². The Balaban J connectivity index is 1.55. The van der Waals surface area contributed by atoms with E-state index in [0.717, 1.165) is 24.2 Å². The SMILES string of the molecule is CCCC(NC(=O)C1CN(Cc2cccc(OC)c2)C(=O)N1C(=O)C(NC(=O)CNC(C)=O)C1CCCCC1)C(=O)C(=O)NCC(=O)O[C@H](C(=O)O)c1ccccc1. The van der Waals surface area contributed by atoms with Gasteiger partial charge >= 0.3 is 18.0 Å². The first-order valence-corrected chi connectivity index (χ1v) is 19.1. The molecule has 0 spiro atoms. The molecule has 3 unspecified atom stereocenters. The summed E-state index contributed by atoms with van der Waals surface area (Å²) in [6, 6.07) is 9.49. The van der Waals surface area contributed by atoms with E-state index in [0.29, 0.717) is 30.6 Å². The van der Waals surface area contributed by atoms with Crippen molar-refractivity contribution in [3.8, 4) is 5.75 Å². The summed E-state index contributed by atoms with van der Waals surface area (Å²) in [7, 11) is 1.48. The number of carboxylic acid groups (broad SMARTS) is 1. The van der Waals surface area contributed by atoms with Crippen molar-refractivity contribution in [2.75, 3.05) is 26.7 Å². The number of hydrogen-bond donors (Lipinski definition) is 5. The molecule has 1 saturated carbocycles. The van der Waals surface area contributed by atoms with E-state index in [4.69, 9.17) is 9.47 Å². The number of carbonyl (C=O) groups is 9. The van der Waals surface area contributed by atoms with Gasteiger partial charge in [0.2, 0.25) is 29.6 Å². The summed E-state index contributed by atoms with van der Waals surface area (Å²) in [6.07, 6.45) is 2.17. The molecule has 2 aliphatic rings. The van der Waals surface area contributed by atoms with Crippen LogP contribution in [-0.2, 0) is 49.6 Å². The molecule has 2 aromatic rings. The molecule has 58 heavy (non-hydrogen) atoms. The van der Waals surface area contributed by atoms with Gasteiger partial charge in [-0.3, -0.25) is 33.6 Å². The van der Waals surface area contributed by atoms with Crippen LogP contribution in [0.5, 0.6) is 5.75 Å². The number of ketones is 1. The number of imide groups is 1. The van der Waals surface area contributed by atoms with Crippen molar-refractivity contribution in [2.45, 2.75) is 89.6 Å². The third-order valence-corrected chi connectivity index (χ3v) is 9.83. The summed E-state index contributed by atoms with van der Waals surface area (Å²) in [6.45, 7) is 1.32. The lowest BCUT2D eigenvalue weighted by Gasteiger charge is -2.33. The van der Waals surface area contributed by atoms with E-state index in [1.807, 2.05) is 0 Å². The minimum absolute atomic E-state index is 0.0323. The summed E-state index contributed by atoms with van der Waals surface area (Å²) >= 11 is 0. The Morgan fingerprint density at radius 3 is 2.24 bits per heavy atom. The molecule has 7 amide bonds. The normalized spacial score (nSPS) is 16.9. The smallest absolute Gasteiger partial charge is 0.349 e. The van der Waals surface area contributed by atoms with Crippen molar-refractivity contribution in [1.29, 1.82) is 0 Å². The van der Waals surface area contributed by atoms with Crippen LogP contribution in [-0.4, -0.2) is 113 Å². The Bertz CT molecular complexity index is 1850. The van der Waals surface area contributed by atoms with Crippen LogP contribution >= 0.6 is 0 Å². The minimum Gasteiger partial charge on any atom is -0.497 e. The molecule has 0 aromatic heterocycles. The van der Waals surface area contributed by atoms with Gasteiger partial charge in [0.15, 0.2) is 0 Å². The van der Waals surface area contributed by atoms with Crippen LogP contribution in [0.4, 0.5) is 4.79 Å². The summed E-state index contributed by atoms with van der Waals surface area (Å²) in [5.74, 6) is -7.76. The van der Waals surface area contributed by atoms with Crippen LogP contribution in [0.1, 0.15) is 76.0 Å². The van der Waals surface area contributed by atoms with Crippen LogP contribution in [0.25, 0.3) is 0 Å². The summed E-state index contributed by atoms with van der Waals surface area (Å²) in [4.78, 5) is 120. The van der Waals surface area contributed by atoms with Crippen LogP contribution in [0.15, 0.2) is 54.6 Å². The number of Topliss-reactive ketones (excluding diaryl/α,β-unsaturated/α-hetero) is 1. The van der Waals surface area contributed by atoms with Crippen molar-refractivity contribution >= 4 is 53.3 Å². The second-order valence-corrected chi connectivity index (χ2v) is 14.1. The maximum Gasteiger partial charge on any atom is 0.349 e. The Hall–Kier alpha value is -6.33. The van der Waals surface area contributed by atoms with Gasteiger partial charge in [0.1, 0.15) is 24.4 Å². The van der Waals surface area contributed by atoms with Gasteiger partial charge in [0.25, 0.3) is 11.8 Å². The van der Waals surface area contributed by atoms with Crippen molar-refractivity contribution in [3.63, 3.8) is 0 Å². The molecule has 4 atom stereocenters. The van der Waals surface area contributed by atoms with E-state index in [9.17, 15) is 48.3 Å². The van der Waals surface area contributed by atoms with E-state index >= 15 is 0 Å². The van der Waals surface area contributed by atoms with Crippen molar-refractivity contribution in [1.82, 2.24) is 31.1 Å². The molecule has 1 aliphatic carbocycles. The number of amides is 7. The number of benzene rings is 2. The predicted molar refractivity (Wildman–Crippen MR) is 204 cm³/mol. The number of carboxylic acids is 1. The predicted octanol–water partition coefficient (Wildman–Crippen LogP) is 1.37. The van der Waals surface area contributed by atoms with Gasteiger partial charge in [-0.15, -0.1) is 0 Å². The number of esters is 1. The lowest BCUT2D eigenvalue weighted by atomic mass is 9.83. The fourth-order valence-electron chi connectivity index (χ4n) is 6.94. The minimum atomic E-state index is -1.67. The van der Waals surface area contributed by atoms with Crippen molar-refractivity contribution < 1.29 is 57.7 Å². The number of urea groups is 1. The van der Waals surface area contributed by atoms with Gasteiger partial charge in [-0.05, 0) is 42.9 Å². The molecule has 1 saturated heterocycles. The van der Waals surface area contributed by atoms with Gasteiger partial charge in [-0.2, -0.15) is 0 Å². The van der Waals surface area contributed by atoms with Gasteiger partial charge in [0, 0.05) is 19.0 Å². The van der Waals surface area contributed by atoms with Crippen molar-refractivity contribution in [3.05, 3.63) is 65.7 Å². The van der Waals surface area contributed by atoms with E-state index in [-0.39, 0.29) is 31.0 Å². The molecule has 0 bridgehead atoms. The molecule has 4 rings (SSSR count). The lowest BCUT2D eigenvalue weighted by molar-refractivity contribution is -0.164. The van der Waals surface area contributed by atoms with Gasteiger partial charge in [-0.1, -0.05) is 75.1 Å². The Morgan fingerprint density at radius 2 is 1.60 bits per heavy atom. The number of aliphatic carboxylic acids is 1. The number of methoxy groups -OCH3 is 1. The highest BCUT2D eigenvalue weighted by molar-refractivity contribution is 6.38. The zero-order valence-corrected chi connectivity index (χ0v) is 32.7. The molecular weight excluding hydrogens is 756 g/mol. The largest absolute Gasteiger partial charge is 0.497 e. The topological polar surface area (TPSA) is 247 Å². The maximum absolute atomic E-state index is 14.5. The Labute approximate surface area is 335 Å². The molecule has 2 aromatic carbocycles. The third-order valence-electron chi connectivity index (χ3n) is 9.83. The first-order chi connectivity index (χ1) is 27.7. The number of ether oxygens (including phenoxy) is 2. The standard InChI is InChI=1S/C40H50N6O12/c1-4-12-29(34(50)37(52)42-21-32(49)58-35(39(54)55)27-16-9-6-10-17-27)43-36(51)30-23-45(22-25-13-11-18-28(19-25)57-3)40(56)46(30)38(53)33(26-14-7-5-8-15-26)44-31(48)20-41-24(2)47/h6,9-11,13,16-19,26,29-30,33,35H,4-5,7-8,12,14-15,20-23H2,1-3H3,(H,41,47)(H,42,52)(H,43,51)(H,44,48)(H,54,55)/t29?,30?,33?,35-/m0/s1. The highest BCUT2D eigenvalue weighted by atomic mass is 16.6. The average Bonchev–Trinajstić information content (AvgIpc) is 3.54. The van der Waals surface area contributed by atoms with Crippen LogP contribution in [0.2, 0.25) is 0 Å². The molecule has 18 nitrogen and oxygen atoms in total. The van der Waals surface area contributed by atoms with Crippen LogP contribution in [0, 0.1) is 5.92 Å². The lowest BCUT2D eigenvalue weighted by Crippen LogP contribution is -2.59. The zero-order valence-electron chi connectivity index (χ0n) is 32.7. The average molecular weight is 807 g/mol. The molecule has 1 aliphatic heterocycles. The Kier molecular flexibility index (Phi) is 16.3. The second kappa shape index (κ2) is 21.3. The van der Waals surface area contributed by atoms with Gasteiger partial charge in [0.05, 0.1) is 26.2 Å².